The molecule has 0 unspecified atom stereocenters. The molecule has 1 aromatic carbocycles. The number of benzene rings is 1. The van der Waals surface area contributed by atoms with Gasteiger partial charge in [-0.15, -0.1) is 0 Å². The van der Waals surface area contributed by atoms with Crippen LogP contribution in [0.2, 0.25) is 0 Å². The highest BCUT2D eigenvalue weighted by atomic mass is 79.9. The number of aromatic carboxylic acids is 1. The number of carboxylic acids is 1. The average molecular weight is 272 g/mol. The van der Waals surface area contributed by atoms with Crippen molar-refractivity contribution in [1.29, 1.82) is 0 Å². The van der Waals surface area contributed by atoms with E-state index < -0.39 is 5.97 Å². The molecule has 1 aromatic rings. The zero-order chi connectivity index (χ0) is 11.6. The van der Waals surface area contributed by atoms with Crippen molar-refractivity contribution in [1.82, 2.24) is 0 Å². The van der Waals surface area contributed by atoms with Gasteiger partial charge in [0.2, 0.25) is 0 Å². The zero-order valence-electron chi connectivity index (χ0n) is 8.97. The summed E-state index contributed by atoms with van der Waals surface area (Å²) < 4.78 is 0.615. The molecule has 0 saturated carbocycles. The highest BCUT2D eigenvalue weighted by Crippen LogP contribution is 2.30. The third-order valence-corrected chi connectivity index (χ3v) is 2.84. The van der Waals surface area contributed by atoms with Gasteiger partial charge in [0.25, 0.3) is 0 Å². The van der Waals surface area contributed by atoms with Gasteiger partial charge in [-0.25, -0.2) is 4.79 Å². The van der Waals surface area contributed by atoms with E-state index in [2.05, 4.69) is 21.2 Å². The van der Waals surface area contributed by atoms with Crippen LogP contribution in [0.5, 0.6) is 0 Å². The minimum atomic E-state index is -0.923. The number of halogens is 1. The molecule has 3 nitrogen and oxygen atoms in total. The van der Waals surface area contributed by atoms with E-state index in [1.54, 1.807) is 12.1 Å². The van der Waals surface area contributed by atoms with Gasteiger partial charge in [0, 0.05) is 6.04 Å². The van der Waals surface area contributed by atoms with Crippen molar-refractivity contribution in [2.45, 2.75) is 26.8 Å². The number of nitrogens with one attached hydrogen (secondary N) is 1. The average Bonchev–Trinajstić information content (AvgIpc) is 2.11. The molecule has 0 heterocycles. The minimum Gasteiger partial charge on any atom is -0.478 e. The maximum Gasteiger partial charge on any atom is 0.336 e. The van der Waals surface area contributed by atoms with Crippen molar-refractivity contribution in [3.63, 3.8) is 0 Å². The Kier molecular flexibility index (Phi) is 3.74. The molecule has 0 aliphatic rings. The van der Waals surface area contributed by atoms with Crippen LogP contribution in [0.4, 0.5) is 5.69 Å². The van der Waals surface area contributed by atoms with Gasteiger partial charge in [-0.2, -0.15) is 0 Å². The number of rotatable bonds is 3. The highest BCUT2D eigenvalue weighted by molar-refractivity contribution is 9.10. The smallest absolute Gasteiger partial charge is 0.336 e. The monoisotopic (exact) mass is 271 g/mol. The van der Waals surface area contributed by atoms with Gasteiger partial charge in [-0.05, 0) is 48.3 Å². The molecule has 0 atom stereocenters. The van der Waals surface area contributed by atoms with E-state index in [9.17, 15) is 4.79 Å². The summed E-state index contributed by atoms with van der Waals surface area (Å²) in [7, 11) is 0. The molecule has 0 radical (unpaired) electrons. The van der Waals surface area contributed by atoms with Gasteiger partial charge < -0.3 is 10.4 Å². The number of hydrogen-bond donors (Lipinski definition) is 2. The second kappa shape index (κ2) is 4.66. The van der Waals surface area contributed by atoms with Crippen molar-refractivity contribution < 1.29 is 9.90 Å². The van der Waals surface area contributed by atoms with E-state index in [1.165, 1.54) is 0 Å². The lowest BCUT2D eigenvalue weighted by Gasteiger charge is -2.16. The molecule has 0 saturated heterocycles. The van der Waals surface area contributed by atoms with Crippen LogP contribution in [-0.4, -0.2) is 17.1 Å². The Morgan fingerprint density at radius 1 is 1.47 bits per heavy atom. The molecular weight excluding hydrogens is 258 g/mol. The SMILES string of the molecule is Cc1ccc(C(=O)O)c(Br)c1NC(C)C. The van der Waals surface area contributed by atoms with Gasteiger partial charge in [0.05, 0.1) is 15.7 Å². The highest BCUT2D eigenvalue weighted by Gasteiger charge is 2.14. The topological polar surface area (TPSA) is 49.3 Å². The van der Waals surface area contributed by atoms with Crippen molar-refractivity contribution in [2.24, 2.45) is 0 Å². The summed E-state index contributed by atoms with van der Waals surface area (Å²) in [4.78, 5) is 10.9. The lowest BCUT2D eigenvalue weighted by molar-refractivity contribution is 0.0696. The van der Waals surface area contributed by atoms with Gasteiger partial charge >= 0.3 is 5.97 Å². The van der Waals surface area contributed by atoms with Crippen LogP contribution in [0, 0.1) is 6.92 Å². The maximum atomic E-state index is 10.9. The summed E-state index contributed by atoms with van der Waals surface area (Å²) >= 11 is 3.32. The number of carbonyl (C=O) groups is 1. The van der Waals surface area contributed by atoms with Crippen molar-refractivity contribution in [3.05, 3.63) is 27.7 Å². The second-order valence-electron chi connectivity index (χ2n) is 3.72. The predicted molar refractivity (Wildman–Crippen MR) is 64.6 cm³/mol. The molecule has 1 rings (SSSR count). The van der Waals surface area contributed by atoms with Crippen molar-refractivity contribution in [2.75, 3.05) is 5.32 Å². The lowest BCUT2D eigenvalue weighted by Crippen LogP contribution is -2.12. The summed E-state index contributed by atoms with van der Waals surface area (Å²) in [6.45, 7) is 5.97. The molecule has 0 spiro atoms. The number of aryl methyl sites for hydroxylation is 1. The molecule has 4 heteroatoms. The first-order valence-corrected chi connectivity index (χ1v) is 5.51. The Morgan fingerprint density at radius 2 is 2.07 bits per heavy atom. The Hall–Kier alpha value is -1.03. The fourth-order valence-electron chi connectivity index (χ4n) is 1.30. The van der Waals surface area contributed by atoms with Crippen molar-refractivity contribution in [3.8, 4) is 0 Å². The van der Waals surface area contributed by atoms with E-state index in [1.807, 2.05) is 20.8 Å². The van der Waals surface area contributed by atoms with Crippen LogP contribution in [0.15, 0.2) is 16.6 Å². The van der Waals surface area contributed by atoms with Gasteiger partial charge in [-0.3, -0.25) is 0 Å². The molecule has 82 valence electrons. The van der Waals surface area contributed by atoms with Crippen LogP contribution in [-0.2, 0) is 0 Å². The lowest BCUT2D eigenvalue weighted by atomic mass is 10.1. The van der Waals surface area contributed by atoms with Crippen LogP contribution >= 0.6 is 15.9 Å². The molecule has 0 amide bonds. The summed E-state index contributed by atoms with van der Waals surface area (Å²) in [5.41, 5.74) is 2.16. The number of carboxylic acid groups (broad SMARTS) is 1. The molecule has 2 N–H and O–H groups in total. The fourth-order valence-corrected chi connectivity index (χ4v) is 2.03. The first kappa shape index (κ1) is 12.0. The molecule has 0 aromatic heterocycles. The summed E-state index contributed by atoms with van der Waals surface area (Å²) in [6.07, 6.45) is 0. The van der Waals surface area contributed by atoms with E-state index in [0.717, 1.165) is 11.3 Å². The summed E-state index contributed by atoms with van der Waals surface area (Å²) in [5.74, 6) is -0.923. The predicted octanol–water partition coefficient (Wildman–Crippen LogP) is 3.28. The first-order chi connectivity index (χ1) is 6.93. The maximum absolute atomic E-state index is 10.9. The quantitative estimate of drug-likeness (QED) is 0.887. The van der Waals surface area contributed by atoms with Crippen molar-refractivity contribution >= 4 is 27.6 Å². The summed E-state index contributed by atoms with van der Waals surface area (Å²) in [5, 5.41) is 12.2. The van der Waals surface area contributed by atoms with Gasteiger partial charge in [0.15, 0.2) is 0 Å². The largest absolute Gasteiger partial charge is 0.478 e. The third kappa shape index (κ3) is 2.72. The van der Waals surface area contributed by atoms with E-state index >= 15 is 0 Å². The Balaban J connectivity index is 3.24. The molecular formula is C11H14BrNO2. The van der Waals surface area contributed by atoms with Crippen LogP contribution in [0.1, 0.15) is 29.8 Å². The van der Waals surface area contributed by atoms with Gasteiger partial charge in [0.1, 0.15) is 0 Å². The number of anilines is 1. The van der Waals surface area contributed by atoms with Crippen LogP contribution in [0.25, 0.3) is 0 Å². The van der Waals surface area contributed by atoms with E-state index in [0.29, 0.717) is 4.47 Å². The minimum absolute atomic E-state index is 0.268. The normalized spacial score (nSPS) is 10.5. The second-order valence-corrected chi connectivity index (χ2v) is 4.52. The zero-order valence-corrected chi connectivity index (χ0v) is 10.6. The van der Waals surface area contributed by atoms with Crippen LogP contribution < -0.4 is 5.32 Å². The Labute approximate surface area is 97.6 Å². The third-order valence-electron chi connectivity index (χ3n) is 2.01. The molecule has 0 fully saturated rings. The number of hydrogen-bond acceptors (Lipinski definition) is 2. The molecule has 0 aliphatic carbocycles. The molecule has 15 heavy (non-hydrogen) atoms. The fraction of sp³-hybridized carbons (Fsp3) is 0.364. The van der Waals surface area contributed by atoms with Gasteiger partial charge in [-0.1, -0.05) is 6.07 Å². The standard InChI is InChI=1S/C11H14BrNO2/c1-6(2)13-10-7(3)4-5-8(9(10)12)11(14)15/h4-6,13H,1-3H3,(H,14,15). The Morgan fingerprint density at radius 3 is 2.53 bits per heavy atom. The summed E-state index contributed by atoms with van der Waals surface area (Å²) in [6, 6.07) is 3.68. The van der Waals surface area contributed by atoms with E-state index in [-0.39, 0.29) is 11.6 Å². The van der Waals surface area contributed by atoms with E-state index in [4.69, 9.17) is 5.11 Å². The first-order valence-electron chi connectivity index (χ1n) is 4.72. The molecule has 0 bridgehead atoms. The molecule has 0 aliphatic heterocycles. The Bertz CT molecular complexity index is 388. The van der Waals surface area contributed by atoms with Crippen LogP contribution in [0.3, 0.4) is 0 Å².